The van der Waals surface area contributed by atoms with Gasteiger partial charge in [-0.15, -0.1) is 0 Å². The topological polar surface area (TPSA) is 114 Å². The van der Waals surface area contributed by atoms with Gasteiger partial charge in [0.05, 0.1) is 33.8 Å². The van der Waals surface area contributed by atoms with Crippen LogP contribution in [0.5, 0.6) is 0 Å². The van der Waals surface area contributed by atoms with E-state index in [0.29, 0.717) is 17.4 Å². The van der Waals surface area contributed by atoms with E-state index >= 15 is 0 Å². The molecule has 0 saturated carbocycles. The summed E-state index contributed by atoms with van der Waals surface area (Å²) in [5, 5.41) is 3.04. The van der Waals surface area contributed by atoms with Crippen LogP contribution in [0.3, 0.4) is 0 Å². The molecule has 0 spiro atoms. The molecule has 0 heterocycles. The highest BCUT2D eigenvalue weighted by Gasteiger charge is 2.27. The Bertz CT molecular complexity index is 1450. The lowest BCUT2D eigenvalue weighted by Gasteiger charge is -2.30. The third-order valence-corrected chi connectivity index (χ3v) is 16.5. The summed E-state index contributed by atoms with van der Waals surface area (Å²) in [6.07, 6.45) is 72.6. The minimum atomic E-state index is -4.70. The Balaban J connectivity index is 5.13. The van der Waals surface area contributed by atoms with E-state index in [1.54, 1.807) is 0 Å². The summed E-state index contributed by atoms with van der Waals surface area (Å²) < 4.78 is 30.4. The molecule has 1 amide bonds. The molecule has 1 N–H and O–H groups in total. The average molecular weight is 1130 g/mol. The maximum atomic E-state index is 13.6. The van der Waals surface area contributed by atoms with E-state index in [1.807, 2.05) is 33.3 Å². The largest absolute Gasteiger partial charge is 0.756 e. The van der Waals surface area contributed by atoms with Crippen molar-refractivity contribution in [3.8, 4) is 0 Å². The number of esters is 1. The number of allylic oxidation sites excluding steroid dienone is 5. The van der Waals surface area contributed by atoms with Crippen molar-refractivity contribution in [2.75, 3.05) is 40.9 Å². The smallest absolute Gasteiger partial charge is 0.306 e. The van der Waals surface area contributed by atoms with Gasteiger partial charge in [0.2, 0.25) is 5.91 Å². The predicted octanol–water partition coefficient (Wildman–Crippen LogP) is 20.8. The number of quaternary nitrogens is 1. The number of phosphoric acid groups is 1. The Morgan fingerprint density at radius 3 is 1.08 bits per heavy atom. The third kappa shape index (κ3) is 60.6. The Labute approximate surface area is 491 Å². The molecular weight excluding hydrogens is 1000 g/mol. The van der Waals surface area contributed by atoms with Crippen molar-refractivity contribution in [2.24, 2.45) is 0 Å². The van der Waals surface area contributed by atoms with Crippen molar-refractivity contribution in [1.82, 2.24) is 5.32 Å². The molecule has 79 heavy (non-hydrogen) atoms. The molecule has 0 aromatic carbocycles. The van der Waals surface area contributed by atoms with Crippen LogP contribution in [0.4, 0.5) is 0 Å². The molecule has 0 radical (unpaired) electrons. The van der Waals surface area contributed by atoms with Crippen LogP contribution >= 0.6 is 7.82 Å². The highest BCUT2D eigenvalue weighted by molar-refractivity contribution is 7.45. The van der Waals surface area contributed by atoms with Crippen LogP contribution in [-0.2, 0) is 27.9 Å². The maximum Gasteiger partial charge on any atom is 0.306 e. The molecule has 0 bridgehead atoms. The molecule has 3 unspecified atom stereocenters. The summed E-state index contributed by atoms with van der Waals surface area (Å²) in [4.78, 5) is 40.1. The molecule has 9 nitrogen and oxygen atoms in total. The second-order valence-corrected chi connectivity index (χ2v) is 26.1. The number of hydrogen-bond donors (Lipinski definition) is 1. The molecule has 0 aromatic heterocycles. The molecule has 0 aliphatic carbocycles. The van der Waals surface area contributed by atoms with Crippen molar-refractivity contribution >= 4 is 19.7 Å². The fraction of sp³-hybridized carbons (Fsp3) is 0.884. The molecular formula is C69H133N2O7P. The molecule has 0 saturated heterocycles. The molecule has 466 valence electrons. The molecule has 0 aliphatic heterocycles. The summed E-state index contributed by atoms with van der Waals surface area (Å²) in [6.45, 7) is 6.88. The van der Waals surface area contributed by atoms with E-state index in [9.17, 15) is 19.0 Å². The van der Waals surface area contributed by atoms with Crippen molar-refractivity contribution in [3.63, 3.8) is 0 Å². The second kappa shape index (κ2) is 59.4. The van der Waals surface area contributed by atoms with E-state index in [-0.39, 0.29) is 31.5 Å². The first-order valence-corrected chi connectivity index (χ1v) is 35.8. The second-order valence-electron chi connectivity index (χ2n) is 24.7. The number of unbranched alkanes of at least 4 members (excludes halogenated alkanes) is 43. The van der Waals surface area contributed by atoms with Crippen LogP contribution in [0.2, 0.25) is 0 Å². The lowest BCUT2D eigenvalue weighted by atomic mass is 10.0. The lowest BCUT2D eigenvalue weighted by molar-refractivity contribution is -0.870. The molecule has 0 aliphatic rings. The molecule has 0 fully saturated rings. The Morgan fingerprint density at radius 1 is 0.430 bits per heavy atom. The summed E-state index contributed by atoms with van der Waals surface area (Å²) in [6, 6.07) is -0.888. The number of carbonyl (C=O) groups is 2. The summed E-state index contributed by atoms with van der Waals surface area (Å²) in [5.74, 6) is -0.530. The number of hydrogen-bond acceptors (Lipinski definition) is 7. The predicted molar refractivity (Wildman–Crippen MR) is 340 cm³/mol. The summed E-state index contributed by atoms with van der Waals surface area (Å²) in [5.41, 5.74) is 0. The van der Waals surface area contributed by atoms with Gasteiger partial charge in [-0.2, -0.15) is 0 Å². The number of phosphoric ester groups is 1. The molecule has 0 rings (SSSR count). The quantitative estimate of drug-likeness (QED) is 0.0212. The van der Waals surface area contributed by atoms with Gasteiger partial charge in [0.1, 0.15) is 19.3 Å². The van der Waals surface area contributed by atoms with Crippen molar-refractivity contribution < 1.29 is 37.3 Å². The highest BCUT2D eigenvalue weighted by Crippen LogP contribution is 2.38. The van der Waals surface area contributed by atoms with Crippen LogP contribution in [0.1, 0.15) is 342 Å². The van der Waals surface area contributed by atoms with Crippen LogP contribution in [-0.4, -0.2) is 69.4 Å². The monoisotopic (exact) mass is 1130 g/mol. The number of likely N-dealkylation sites (N-methyl/N-ethyl adjacent to an activating group) is 1. The zero-order valence-electron chi connectivity index (χ0n) is 53.3. The van der Waals surface area contributed by atoms with Gasteiger partial charge in [0.25, 0.3) is 7.82 Å². The molecule has 0 aromatic rings. The Kier molecular flexibility index (Phi) is 58.1. The zero-order chi connectivity index (χ0) is 57.9. The number of nitrogens with one attached hydrogen (secondary N) is 1. The van der Waals surface area contributed by atoms with E-state index in [2.05, 4.69) is 50.4 Å². The number of carbonyl (C=O) groups excluding carboxylic acids is 2. The minimum Gasteiger partial charge on any atom is -0.756 e. The molecule has 3 atom stereocenters. The first-order chi connectivity index (χ1) is 38.4. The minimum absolute atomic E-state index is 0.0209. The van der Waals surface area contributed by atoms with Gasteiger partial charge in [-0.3, -0.25) is 14.2 Å². The summed E-state index contributed by atoms with van der Waals surface area (Å²) in [7, 11) is 1.20. The molecule has 10 heteroatoms. The van der Waals surface area contributed by atoms with Crippen LogP contribution in [0, 0.1) is 0 Å². The van der Waals surface area contributed by atoms with E-state index < -0.39 is 20.0 Å². The maximum absolute atomic E-state index is 13.6. The number of ether oxygens (including phenoxy) is 1. The summed E-state index contributed by atoms with van der Waals surface area (Å²) >= 11 is 0. The van der Waals surface area contributed by atoms with E-state index in [4.69, 9.17) is 13.8 Å². The Morgan fingerprint density at radius 2 is 0.734 bits per heavy atom. The van der Waals surface area contributed by atoms with Crippen LogP contribution in [0.25, 0.3) is 0 Å². The van der Waals surface area contributed by atoms with E-state index in [1.165, 1.54) is 238 Å². The number of nitrogens with zero attached hydrogens (tertiary/aromatic N) is 1. The highest BCUT2D eigenvalue weighted by atomic mass is 31.2. The van der Waals surface area contributed by atoms with Gasteiger partial charge >= 0.3 is 5.97 Å². The van der Waals surface area contributed by atoms with E-state index in [0.717, 1.165) is 70.6 Å². The van der Waals surface area contributed by atoms with Gasteiger partial charge in [-0.05, 0) is 83.1 Å². The van der Waals surface area contributed by atoms with Crippen molar-refractivity contribution in [3.05, 3.63) is 36.5 Å². The van der Waals surface area contributed by atoms with Gasteiger partial charge in [-0.25, -0.2) is 0 Å². The lowest BCUT2D eigenvalue weighted by Crippen LogP contribution is -2.47. The first kappa shape index (κ1) is 77.2. The van der Waals surface area contributed by atoms with Gasteiger partial charge < -0.3 is 28.5 Å². The fourth-order valence-electron chi connectivity index (χ4n) is 10.2. The van der Waals surface area contributed by atoms with Gasteiger partial charge in [-0.1, -0.05) is 282 Å². The number of amides is 1. The van der Waals surface area contributed by atoms with Crippen LogP contribution in [0.15, 0.2) is 36.5 Å². The fourth-order valence-corrected chi connectivity index (χ4v) is 10.9. The SMILES string of the molecule is CCCCCCCC/C=C/CCCCCCCCCCCCCCCC(=O)OC(/C=C\CCCCCCCCCCCCC)C(COP(=O)([O-])OCC[N+](C)(C)C)NC(=O)CCCCCCCCC/C=C/CCCCCCCC. The average Bonchev–Trinajstić information content (AvgIpc) is 3.41. The normalized spacial score (nSPS) is 13.8. The number of rotatable bonds is 63. The Hall–Kier alpha value is -1.77. The van der Waals surface area contributed by atoms with Gasteiger partial charge in [0, 0.05) is 12.8 Å². The van der Waals surface area contributed by atoms with Crippen LogP contribution < -0.4 is 10.2 Å². The van der Waals surface area contributed by atoms with Crippen molar-refractivity contribution in [2.45, 2.75) is 354 Å². The third-order valence-electron chi connectivity index (χ3n) is 15.5. The first-order valence-electron chi connectivity index (χ1n) is 34.3. The standard InChI is InChI=1S/C69H133N2O7P/c1-7-10-13-16-19-22-25-28-30-32-33-34-35-36-37-39-41-44-47-50-53-56-59-62-69(73)78-67(60-57-54-51-48-45-42-27-24-21-18-15-12-9-3)66(65-77-79(74,75)76-64-63-71(4,5)6)70-68(72)61-58-55-52-49-46-43-40-38-31-29-26-23-20-17-14-11-8-2/h28-31,57,60,66-67H,7-27,32-56,58-59,61-65H2,1-6H3,(H-,70,72,74,75)/b30-28+,31-29+,60-57-. The van der Waals surface area contributed by atoms with Crippen molar-refractivity contribution in [1.29, 1.82) is 0 Å². The van der Waals surface area contributed by atoms with Gasteiger partial charge in [0.15, 0.2) is 0 Å². The zero-order valence-corrected chi connectivity index (χ0v) is 54.2.